The van der Waals surface area contributed by atoms with Gasteiger partial charge in [-0.3, -0.25) is 0 Å². The Morgan fingerprint density at radius 3 is 2.00 bits per heavy atom. The molecule has 1 aromatic rings. The van der Waals surface area contributed by atoms with Gasteiger partial charge < -0.3 is 10.5 Å². The molecule has 12 heavy (non-hydrogen) atoms. The first-order chi connectivity index (χ1) is 5.74. The summed E-state index contributed by atoms with van der Waals surface area (Å²) in [6.07, 6.45) is 0. The van der Waals surface area contributed by atoms with Crippen molar-refractivity contribution in [3.63, 3.8) is 0 Å². The molecule has 0 amide bonds. The third kappa shape index (κ3) is 4.20. The van der Waals surface area contributed by atoms with E-state index in [1.807, 2.05) is 12.1 Å². The molecule has 0 aliphatic carbocycles. The fourth-order valence-electron chi connectivity index (χ4n) is 0.604. The molecule has 1 aromatic carbocycles. The number of hydrogen-bond donors (Lipinski definition) is 1. The molecule has 1 rings (SSSR count). The van der Waals surface area contributed by atoms with Crippen molar-refractivity contribution in [3.8, 4) is 5.75 Å². The van der Waals surface area contributed by atoms with Crippen molar-refractivity contribution in [1.29, 1.82) is 0 Å². The Morgan fingerprint density at radius 2 is 1.67 bits per heavy atom. The predicted molar refractivity (Wildman–Crippen MR) is 52.2 cm³/mol. The smallest absolute Gasteiger partial charge is 0.119 e. The lowest BCUT2D eigenvalue weighted by molar-refractivity contribution is 0.415. The van der Waals surface area contributed by atoms with E-state index >= 15 is 0 Å². The molecule has 0 saturated carbocycles. The van der Waals surface area contributed by atoms with Crippen molar-refractivity contribution >= 4 is 5.69 Å². The van der Waals surface area contributed by atoms with Crippen LogP contribution in [0.3, 0.4) is 0 Å². The molecule has 0 heterocycles. The molecule has 0 aromatic heterocycles. The van der Waals surface area contributed by atoms with Gasteiger partial charge in [-0.05, 0) is 24.3 Å². The van der Waals surface area contributed by atoms with Crippen LogP contribution in [0.1, 0.15) is 0 Å². The van der Waals surface area contributed by atoms with Crippen molar-refractivity contribution in [2.24, 2.45) is 0 Å². The third-order valence-electron chi connectivity index (χ3n) is 1.12. The predicted octanol–water partition coefficient (Wildman–Crippen LogP) is 2.23. The molecule has 2 N–H and O–H groups in total. The Bertz CT molecular complexity index is 245. The quantitative estimate of drug-likeness (QED) is 0.509. The lowest BCUT2D eigenvalue weighted by Gasteiger charge is -1.97. The number of anilines is 1. The Labute approximate surface area is 73.0 Å². The van der Waals surface area contributed by atoms with Gasteiger partial charge in [-0.25, -0.2) is 0 Å². The van der Waals surface area contributed by atoms with Gasteiger partial charge in [0, 0.05) is 5.69 Å². The standard InChI is InChI=1S/C7H9NO.C3H4/c1-9-7-4-2-6(8)3-5-7;1-3-2/h2-5H,8H2,1H3;1-2H2. The average molecular weight is 163 g/mol. The molecule has 2 heteroatoms. The van der Waals surface area contributed by atoms with Gasteiger partial charge >= 0.3 is 0 Å². The van der Waals surface area contributed by atoms with Crippen LogP contribution in [0.5, 0.6) is 5.75 Å². The largest absolute Gasteiger partial charge is 0.497 e. The summed E-state index contributed by atoms with van der Waals surface area (Å²) in [4.78, 5) is 0. The first kappa shape index (κ1) is 10.3. The van der Waals surface area contributed by atoms with Gasteiger partial charge in [0.1, 0.15) is 5.75 Å². The topological polar surface area (TPSA) is 35.2 Å². The van der Waals surface area contributed by atoms with Crippen LogP contribution in [0.25, 0.3) is 0 Å². The summed E-state index contributed by atoms with van der Waals surface area (Å²) in [7, 11) is 1.63. The number of methoxy groups -OCH3 is 1. The normalized spacial score (nSPS) is 7.42. The second-order valence-corrected chi connectivity index (χ2v) is 2.02. The van der Waals surface area contributed by atoms with Gasteiger partial charge in [-0.2, -0.15) is 0 Å². The number of ether oxygens (including phenoxy) is 1. The molecule has 64 valence electrons. The highest BCUT2D eigenvalue weighted by Crippen LogP contribution is 2.11. The zero-order chi connectivity index (χ0) is 9.40. The number of benzene rings is 1. The van der Waals surface area contributed by atoms with E-state index in [0.717, 1.165) is 11.4 Å². The lowest BCUT2D eigenvalue weighted by atomic mass is 10.3. The Balaban J connectivity index is 0.000000354. The van der Waals surface area contributed by atoms with Crippen LogP contribution in [0.15, 0.2) is 43.2 Å². The van der Waals surface area contributed by atoms with E-state index in [1.165, 1.54) is 0 Å². The number of nitrogen functional groups attached to an aromatic ring is 1. The fraction of sp³-hybridized carbons (Fsp3) is 0.100. The van der Waals surface area contributed by atoms with E-state index < -0.39 is 0 Å². The summed E-state index contributed by atoms with van der Waals surface area (Å²) in [5.41, 5.74) is 8.44. The minimum Gasteiger partial charge on any atom is -0.497 e. The van der Waals surface area contributed by atoms with Gasteiger partial charge in [-0.15, -0.1) is 5.73 Å². The number of hydrogen-bond acceptors (Lipinski definition) is 2. The maximum absolute atomic E-state index is 5.43. The van der Waals surface area contributed by atoms with Crippen LogP contribution in [-0.2, 0) is 0 Å². The van der Waals surface area contributed by atoms with Gasteiger partial charge in [0.25, 0.3) is 0 Å². The third-order valence-corrected chi connectivity index (χ3v) is 1.12. The summed E-state index contributed by atoms with van der Waals surface area (Å²) in [6.45, 7) is 6.25. The molecule has 2 nitrogen and oxygen atoms in total. The van der Waals surface area contributed by atoms with Crippen molar-refractivity contribution in [2.75, 3.05) is 12.8 Å². The Kier molecular flexibility index (Phi) is 5.24. The van der Waals surface area contributed by atoms with Crippen molar-refractivity contribution in [1.82, 2.24) is 0 Å². The Morgan fingerprint density at radius 1 is 1.25 bits per heavy atom. The zero-order valence-corrected chi connectivity index (χ0v) is 7.21. The number of rotatable bonds is 1. The molecule has 0 atom stereocenters. The molecule has 0 aliphatic heterocycles. The van der Waals surface area contributed by atoms with Gasteiger partial charge in [-0.1, -0.05) is 13.2 Å². The monoisotopic (exact) mass is 163 g/mol. The summed E-state index contributed by atoms with van der Waals surface area (Å²) in [5, 5.41) is 0. The minimum atomic E-state index is 0.760. The average Bonchev–Trinajstić information content (AvgIpc) is 2.07. The summed E-state index contributed by atoms with van der Waals surface area (Å²) in [6, 6.07) is 7.27. The fourth-order valence-corrected chi connectivity index (χ4v) is 0.604. The van der Waals surface area contributed by atoms with E-state index in [2.05, 4.69) is 18.9 Å². The van der Waals surface area contributed by atoms with Crippen LogP contribution >= 0.6 is 0 Å². The first-order valence-corrected chi connectivity index (χ1v) is 3.43. The number of nitrogens with two attached hydrogens (primary N) is 1. The lowest BCUT2D eigenvalue weighted by Crippen LogP contribution is -1.84. The maximum atomic E-state index is 5.43. The highest BCUT2D eigenvalue weighted by Gasteiger charge is 1.85. The van der Waals surface area contributed by atoms with Crippen LogP contribution in [-0.4, -0.2) is 7.11 Å². The van der Waals surface area contributed by atoms with Gasteiger partial charge in [0.05, 0.1) is 7.11 Å². The second-order valence-electron chi connectivity index (χ2n) is 2.02. The molecule has 0 aliphatic rings. The summed E-state index contributed by atoms with van der Waals surface area (Å²) in [5.74, 6) is 0.837. The zero-order valence-electron chi connectivity index (χ0n) is 7.21. The molecule has 0 saturated heterocycles. The van der Waals surface area contributed by atoms with Crippen molar-refractivity contribution in [2.45, 2.75) is 0 Å². The second kappa shape index (κ2) is 6.08. The SMILES string of the molecule is C=C=C.COc1ccc(N)cc1. The molecule has 0 radical (unpaired) electrons. The van der Waals surface area contributed by atoms with Gasteiger partial charge in [0.2, 0.25) is 0 Å². The first-order valence-electron chi connectivity index (χ1n) is 3.43. The highest BCUT2D eigenvalue weighted by atomic mass is 16.5. The van der Waals surface area contributed by atoms with Crippen LogP contribution < -0.4 is 10.5 Å². The minimum absolute atomic E-state index is 0.760. The van der Waals surface area contributed by atoms with E-state index in [0.29, 0.717) is 0 Å². The maximum Gasteiger partial charge on any atom is 0.119 e. The molecule has 0 unspecified atom stereocenters. The Hall–Kier alpha value is -1.66. The molecular formula is C10H13NO. The van der Waals surface area contributed by atoms with Crippen LogP contribution in [0.4, 0.5) is 5.69 Å². The van der Waals surface area contributed by atoms with Crippen molar-refractivity contribution < 1.29 is 4.74 Å². The van der Waals surface area contributed by atoms with Crippen molar-refractivity contribution in [3.05, 3.63) is 43.2 Å². The molecule has 0 spiro atoms. The van der Waals surface area contributed by atoms with E-state index in [4.69, 9.17) is 10.5 Å². The van der Waals surface area contributed by atoms with Crippen LogP contribution in [0, 0.1) is 0 Å². The molecular weight excluding hydrogens is 150 g/mol. The van der Waals surface area contributed by atoms with Gasteiger partial charge in [0.15, 0.2) is 0 Å². The summed E-state index contributed by atoms with van der Waals surface area (Å²) >= 11 is 0. The van der Waals surface area contributed by atoms with E-state index in [9.17, 15) is 0 Å². The molecule has 0 fully saturated rings. The molecule has 0 bridgehead atoms. The van der Waals surface area contributed by atoms with E-state index in [-0.39, 0.29) is 0 Å². The highest BCUT2D eigenvalue weighted by molar-refractivity contribution is 5.41. The summed E-state index contributed by atoms with van der Waals surface area (Å²) < 4.78 is 4.91. The van der Waals surface area contributed by atoms with Crippen LogP contribution in [0.2, 0.25) is 0 Å². The van der Waals surface area contributed by atoms with E-state index in [1.54, 1.807) is 19.2 Å².